The zero-order chi connectivity index (χ0) is 11.5. The highest BCUT2D eigenvalue weighted by atomic mass is 16.1. The van der Waals surface area contributed by atoms with Gasteiger partial charge in [-0.1, -0.05) is 0 Å². The van der Waals surface area contributed by atoms with Gasteiger partial charge in [0.15, 0.2) is 0 Å². The number of carbonyl (C=O) groups is 1. The van der Waals surface area contributed by atoms with Crippen LogP contribution in [0.2, 0.25) is 0 Å². The number of hydrogen-bond acceptors (Lipinski definition) is 3. The minimum Gasteiger partial charge on any atom is -0.399 e. The highest BCUT2D eigenvalue weighted by Crippen LogP contribution is 2.12. The van der Waals surface area contributed by atoms with Crippen LogP contribution in [0.1, 0.15) is 10.5 Å². The van der Waals surface area contributed by atoms with Gasteiger partial charge in [0.25, 0.3) is 5.91 Å². The minimum absolute atomic E-state index is 0.235. The smallest absolute Gasteiger partial charge is 0.272 e. The van der Waals surface area contributed by atoms with Crippen LogP contribution in [-0.4, -0.2) is 10.9 Å². The number of nitrogens with one attached hydrogen (secondary N) is 2. The van der Waals surface area contributed by atoms with Gasteiger partial charge in [0.1, 0.15) is 5.69 Å². The van der Waals surface area contributed by atoms with E-state index in [4.69, 9.17) is 11.5 Å². The Morgan fingerprint density at radius 1 is 1.12 bits per heavy atom. The van der Waals surface area contributed by atoms with Crippen LogP contribution in [0.4, 0.5) is 17.1 Å². The zero-order valence-electron chi connectivity index (χ0n) is 8.53. The Hall–Kier alpha value is -2.43. The van der Waals surface area contributed by atoms with E-state index in [0.717, 1.165) is 0 Å². The van der Waals surface area contributed by atoms with E-state index in [2.05, 4.69) is 10.3 Å². The summed E-state index contributed by atoms with van der Waals surface area (Å²) in [5.74, 6) is -0.235. The molecule has 0 bridgehead atoms. The van der Waals surface area contributed by atoms with Crippen molar-refractivity contribution in [3.05, 3.63) is 42.2 Å². The molecule has 0 saturated heterocycles. The molecule has 0 aliphatic heterocycles. The fourth-order valence-electron chi connectivity index (χ4n) is 1.31. The number of amides is 1. The van der Waals surface area contributed by atoms with Crippen LogP contribution < -0.4 is 16.8 Å². The molecule has 0 spiro atoms. The molecule has 5 nitrogen and oxygen atoms in total. The van der Waals surface area contributed by atoms with Crippen LogP contribution in [0.25, 0.3) is 0 Å². The molecule has 2 aromatic rings. The van der Waals surface area contributed by atoms with Crippen molar-refractivity contribution in [1.82, 2.24) is 4.98 Å². The topological polar surface area (TPSA) is 96.9 Å². The molecule has 1 heterocycles. The van der Waals surface area contributed by atoms with Gasteiger partial charge in [-0.25, -0.2) is 0 Å². The van der Waals surface area contributed by atoms with Crippen molar-refractivity contribution in [1.29, 1.82) is 0 Å². The lowest BCUT2D eigenvalue weighted by atomic mass is 10.3. The molecule has 0 unspecified atom stereocenters. The molecule has 5 heteroatoms. The van der Waals surface area contributed by atoms with Gasteiger partial charge in [0, 0.05) is 23.3 Å². The van der Waals surface area contributed by atoms with Gasteiger partial charge < -0.3 is 21.8 Å². The van der Waals surface area contributed by atoms with E-state index in [0.29, 0.717) is 22.8 Å². The normalized spacial score (nSPS) is 10.0. The summed E-state index contributed by atoms with van der Waals surface area (Å²) < 4.78 is 0. The average molecular weight is 216 g/mol. The third kappa shape index (κ3) is 2.14. The van der Waals surface area contributed by atoms with E-state index >= 15 is 0 Å². The summed E-state index contributed by atoms with van der Waals surface area (Å²) in [6.45, 7) is 0. The number of H-pyrrole nitrogens is 1. The molecule has 6 N–H and O–H groups in total. The van der Waals surface area contributed by atoms with Gasteiger partial charge in [-0.3, -0.25) is 4.79 Å². The van der Waals surface area contributed by atoms with Crippen LogP contribution >= 0.6 is 0 Å². The Morgan fingerprint density at radius 3 is 2.38 bits per heavy atom. The summed E-state index contributed by atoms with van der Waals surface area (Å²) >= 11 is 0. The maximum atomic E-state index is 11.7. The maximum absolute atomic E-state index is 11.7. The Kier molecular flexibility index (Phi) is 2.51. The second-order valence-corrected chi connectivity index (χ2v) is 3.42. The molecule has 1 aromatic heterocycles. The standard InChI is InChI=1S/C11H12N4O/c12-7-1-3-9(4-2-7)15-11(16)10-5-8(13)6-14-10/h1-6,14H,12-13H2,(H,15,16). The number of hydrogen-bond donors (Lipinski definition) is 4. The van der Waals surface area contributed by atoms with Crippen LogP contribution in [0.3, 0.4) is 0 Å². The molecule has 0 aliphatic carbocycles. The molecule has 0 saturated carbocycles. The van der Waals surface area contributed by atoms with Gasteiger partial charge in [-0.15, -0.1) is 0 Å². The molecular formula is C11H12N4O. The molecule has 16 heavy (non-hydrogen) atoms. The zero-order valence-corrected chi connectivity index (χ0v) is 8.53. The van der Waals surface area contributed by atoms with Crippen LogP contribution in [0.5, 0.6) is 0 Å². The molecule has 0 radical (unpaired) electrons. The van der Waals surface area contributed by atoms with Gasteiger partial charge >= 0.3 is 0 Å². The minimum atomic E-state index is -0.235. The lowest BCUT2D eigenvalue weighted by Gasteiger charge is -2.03. The fourth-order valence-corrected chi connectivity index (χ4v) is 1.31. The molecule has 0 fully saturated rings. The summed E-state index contributed by atoms with van der Waals surface area (Å²) in [5.41, 5.74) is 13.3. The summed E-state index contributed by atoms with van der Waals surface area (Å²) in [7, 11) is 0. The monoisotopic (exact) mass is 216 g/mol. The molecule has 82 valence electrons. The largest absolute Gasteiger partial charge is 0.399 e. The van der Waals surface area contributed by atoms with Crippen molar-refractivity contribution < 1.29 is 4.79 Å². The van der Waals surface area contributed by atoms with E-state index in [1.54, 1.807) is 36.5 Å². The number of benzene rings is 1. The van der Waals surface area contributed by atoms with Crippen LogP contribution in [-0.2, 0) is 0 Å². The second kappa shape index (κ2) is 3.98. The maximum Gasteiger partial charge on any atom is 0.272 e. The van der Waals surface area contributed by atoms with Crippen molar-refractivity contribution in [2.24, 2.45) is 0 Å². The fraction of sp³-hybridized carbons (Fsp3) is 0. The summed E-state index contributed by atoms with van der Waals surface area (Å²) in [6, 6.07) is 8.49. The van der Waals surface area contributed by atoms with Gasteiger partial charge in [-0.05, 0) is 30.3 Å². The lowest BCUT2D eigenvalue weighted by Crippen LogP contribution is -2.12. The Balaban J connectivity index is 2.10. The first-order valence-electron chi connectivity index (χ1n) is 4.76. The van der Waals surface area contributed by atoms with Crippen molar-refractivity contribution >= 4 is 23.0 Å². The first-order chi connectivity index (χ1) is 7.65. The summed E-state index contributed by atoms with van der Waals surface area (Å²) in [5, 5.41) is 2.72. The number of aromatic amines is 1. The molecule has 0 aliphatic rings. The molecule has 1 aromatic carbocycles. The number of aromatic nitrogens is 1. The Labute approximate surface area is 92.5 Å². The predicted molar refractivity (Wildman–Crippen MR) is 64.0 cm³/mol. The predicted octanol–water partition coefficient (Wildman–Crippen LogP) is 1.43. The number of anilines is 3. The molecule has 1 amide bonds. The van der Waals surface area contributed by atoms with Crippen molar-refractivity contribution in [3.8, 4) is 0 Å². The van der Waals surface area contributed by atoms with E-state index in [9.17, 15) is 4.79 Å². The first kappa shape index (κ1) is 10.1. The molecular weight excluding hydrogens is 204 g/mol. The van der Waals surface area contributed by atoms with Gasteiger partial charge in [-0.2, -0.15) is 0 Å². The van der Waals surface area contributed by atoms with Crippen molar-refractivity contribution in [3.63, 3.8) is 0 Å². The highest BCUT2D eigenvalue weighted by molar-refractivity contribution is 6.03. The average Bonchev–Trinajstić information content (AvgIpc) is 2.68. The number of carbonyl (C=O) groups excluding carboxylic acids is 1. The van der Waals surface area contributed by atoms with Crippen molar-refractivity contribution in [2.75, 3.05) is 16.8 Å². The third-order valence-electron chi connectivity index (χ3n) is 2.12. The molecule has 0 atom stereocenters. The first-order valence-corrected chi connectivity index (χ1v) is 4.76. The van der Waals surface area contributed by atoms with Gasteiger partial charge in [0.2, 0.25) is 0 Å². The van der Waals surface area contributed by atoms with Gasteiger partial charge in [0.05, 0.1) is 0 Å². The second-order valence-electron chi connectivity index (χ2n) is 3.42. The summed E-state index contributed by atoms with van der Waals surface area (Å²) in [4.78, 5) is 14.5. The SMILES string of the molecule is Nc1ccc(NC(=O)c2cc(N)c[nH]2)cc1. The van der Waals surface area contributed by atoms with E-state index in [-0.39, 0.29) is 5.91 Å². The highest BCUT2D eigenvalue weighted by Gasteiger charge is 2.07. The summed E-state index contributed by atoms with van der Waals surface area (Å²) in [6.07, 6.45) is 1.57. The van der Waals surface area contributed by atoms with E-state index in [1.807, 2.05) is 0 Å². The Bertz CT molecular complexity index is 501. The lowest BCUT2D eigenvalue weighted by molar-refractivity contribution is 0.102. The Morgan fingerprint density at radius 2 is 1.81 bits per heavy atom. The number of nitrogens with two attached hydrogens (primary N) is 2. The van der Waals surface area contributed by atoms with E-state index in [1.165, 1.54) is 0 Å². The van der Waals surface area contributed by atoms with Crippen LogP contribution in [0.15, 0.2) is 36.5 Å². The number of nitrogen functional groups attached to an aromatic ring is 2. The quantitative estimate of drug-likeness (QED) is 0.572. The van der Waals surface area contributed by atoms with Crippen LogP contribution in [0, 0.1) is 0 Å². The van der Waals surface area contributed by atoms with E-state index < -0.39 is 0 Å². The molecule has 2 rings (SSSR count). The number of rotatable bonds is 2. The third-order valence-corrected chi connectivity index (χ3v) is 2.12. The van der Waals surface area contributed by atoms with Crippen molar-refractivity contribution in [2.45, 2.75) is 0 Å².